The highest BCUT2D eigenvalue weighted by Gasteiger charge is 2.32. The number of aliphatic hydroxyl groups excluding tert-OH is 2. The summed E-state index contributed by atoms with van der Waals surface area (Å²) in [4.78, 5) is 48.6. The van der Waals surface area contributed by atoms with Crippen molar-refractivity contribution >= 4 is 23.7 Å². The molecule has 0 spiro atoms. The van der Waals surface area contributed by atoms with Crippen molar-refractivity contribution in [2.24, 2.45) is 17.2 Å². The molecule has 5 atom stereocenters. The summed E-state index contributed by atoms with van der Waals surface area (Å²) in [5.41, 5.74) is 16.7. The first kappa shape index (κ1) is 29.7. The molecular formula is C19H38N6O7. The number of amides is 3. The number of nitrogens with two attached hydrogens (primary N) is 3. The second kappa shape index (κ2) is 16.3. The van der Waals surface area contributed by atoms with Gasteiger partial charge in [0.05, 0.1) is 18.8 Å². The highest BCUT2D eigenvalue weighted by Crippen LogP contribution is 2.05. The van der Waals surface area contributed by atoms with E-state index in [2.05, 4.69) is 16.0 Å². The molecule has 0 radical (unpaired) electrons. The van der Waals surface area contributed by atoms with Gasteiger partial charge >= 0.3 is 5.97 Å². The Balaban J connectivity index is 5.24. The van der Waals surface area contributed by atoms with Crippen LogP contribution in [0.3, 0.4) is 0 Å². The van der Waals surface area contributed by atoms with E-state index in [1.54, 1.807) is 0 Å². The molecule has 0 fully saturated rings. The van der Waals surface area contributed by atoms with Crippen molar-refractivity contribution in [3.05, 3.63) is 0 Å². The number of carboxylic acids is 1. The number of aliphatic carboxylic acids is 1. The molecule has 13 nitrogen and oxygen atoms in total. The molecule has 0 bridgehead atoms. The van der Waals surface area contributed by atoms with Crippen LogP contribution in [0.2, 0.25) is 0 Å². The van der Waals surface area contributed by atoms with Gasteiger partial charge in [-0.3, -0.25) is 14.4 Å². The summed E-state index contributed by atoms with van der Waals surface area (Å²) in [6, 6.07) is -5.00. The molecule has 0 saturated heterocycles. The van der Waals surface area contributed by atoms with E-state index in [-0.39, 0.29) is 6.42 Å². The lowest BCUT2D eigenvalue weighted by Gasteiger charge is -2.26. The van der Waals surface area contributed by atoms with Gasteiger partial charge in [0.15, 0.2) is 0 Å². The lowest BCUT2D eigenvalue weighted by atomic mass is 10.0. The van der Waals surface area contributed by atoms with Crippen molar-refractivity contribution in [2.45, 2.75) is 75.7 Å². The van der Waals surface area contributed by atoms with Crippen LogP contribution in [0, 0.1) is 0 Å². The van der Waals surface area contributed by atoms with Gasteiger partial charge in [-0.15, -0.1) is 0 Å². The van der Waals surface area contributed by atoms with Crippen molar-refractivity contribution in [2.75, 3.05) is 19.7 Å². The van der Waals surface area contributed by atoms with E-state index in [1.165, 1.54) is 6.92 Å². The Hall–Kier alpha value is -2.32. The minimum atomic E-state index is -1.55. The molecule has 0 rings (SSSR count). The van der Waals surface area contributed by atoms with Crippen molar-refractivity contribution in [3.8, 4) is 0 Å². The van der Waals surface area contributed by atoms with Gasteiger partial charge in [-0.05, 0) is 52.1 Å². The highest BCUT2D eigenvalue weighted by atomic mass is 16.4. The summed E-state index contributed by atoms with van der Waals surface area (Å²) in [6.45, 7) is 1.27. The fourth-order valence-electron chi connectivity index (χ4n) is 2.79. The number of nitrogens with one attached hydrogen (secondary N) is 3. The number of unbranched alkanes of at least 4 members (excludes halogenated alkanes) is 2. The van der Waals surface area contributed by atoms with Crippen LogP contribution in [0.25, 0.3) is 0 Å². The number of carbonyl (C=O) groups excluding carboxylic acids is 3. The largest absolute Gasteiger partial charge is 0.480 e. The zero-order chi connectivity index (χ0) is 24.7. The van der Waals surface area contributed by atoms with Gasteiger partial charge in [0.25, 0.3) is 0 Å². The number of hydrogen-bond acceptors (Lipinski definition) is 9. The monoisotopic (exact) mass is 462 g/mol. The standard InChI is InChI=1S/C19H38N6O7/c1-11(27)15(25-16(28)12(22)6-2-4-8-20)18(30)23-13(7-3-5-9-21)17(29)24-14(10-26)19(31)32/h11-15,26-27H,2-10,20-22H2,1H3,(H,23,30)(H,24,29)(H,25,28)(H,31,32)/t11-,12+,13+,14+,15+/m1/s1. The van der Waals surface area contributed by atoms with Crippen LogP contribution in [-0.4, -0.2) is 89.0 Å². The van der Waals surface area contributed by atoms with Gasteiger partial charge in [0.1, 0.15) is 18.1 Å². The third-order valence-electron chi connectivity index (χ3n) is 4.75. The van der Waals surface area contributed by atoms with Crippen LogP contribution < -0.4 is 33.2 Å². The minimum Gasteiger partial charge on any atom is -0.480 e. The van der Waals surface area contributed by atoms with E-state index in [0.29, 0.717) is 45.2 Å². The van der Waals surface area contributed by atoms with E-state index in [9.17, 15) is 24.3 Å². The van der Waals surface area contributed by atoms with Crippen molar-refractivity contribution in [1.29, 1.82) is 0 Å². The highest BCUT2D eigenvalue weighted by molar-refractivity contribution is 5.94. The average molecular weight is 463 g/mol. The smallest absolute Gasteiger partial charge is 0.328 e. The SMILES string of the molecule is C[C@@H](O)[C@H](NC(=O)[C@@H](N)CCCCN)C(=O)N[C@@H](CCCCN)C(=O)N[C@@H](CO)C(=O)O. The fourth-order valence-corrected chi connectivity index (χ4v) is 2.79. The molecule has 13 heteroatoms. The summed E-state index contributed by atoms with van der Waals surface area (Å²) in [5.74, 6) is -3.75. The zero-order valence-electron chi connectivity index (χ0n) is 18.5. The molecule has 0 aromatic rings. The van der Waals surface area contributed by atoms with E-state index in [0.717, 1.165) is 0 Å². The van der Waals surface area contributed by atoms with Gasteiger partial charge in [-0.25, -0.2) is 4.79 Å². The molecule has 186 valence electrons. The summed E-state index contributed by atoms with van der Waals surface area (Å²) in [7, 11) is 0. The van der Waals surface area contributed by atoms with E-state index < -0.39 is 60.6 Å². The molecule has 0 heterocycles. The van der Waals surface area contributed by atoms with Crippen LogP contribution in [-0.2, 0) is 19.2 Å². The fraction of sp³-hybridized carbons (Fsp3) is 0.789. The van der Waals surface area contributed by atoms with Gasteiger partial charge in [0.2, 0.25) is 17.7 Å². The van der Waals surface area contributed by atoms with Gasteiger partial charge < -0.3 is 48.5 Å². The Bertz CT molecular complexity index is 605. The third kappa shape index (κ3) is 11.3. The van der Waals surface area contributed by atoms with Crippen LogP contribution in [0.4, 0.5) is 0 Å². The summed E-state index contributed by atoms with van der Waals surface area (Å²) in [5, 5.41) is 35.1. The van der Waals surface area contributed by atoms with Crippen LogP contribution >= 0.6 is 0 Å². The Morgan fingerprint density at radius 3 is 1.81 bits per heavy atom. The Labute approximate surface area is 187 Å². The molecule has 0 aliphatic carbocycles. The van der Waals surface area contributed by atoms with E-state index in [1.807, 2.05) is 0 Å². The molecule has 32 heavy (non-hydrogen) atoms. The van der Waals surface area contributed by atoms with Crippen molar-refractivity contribution in [1.82, 2.24) is 16.0 Å². The Morgan fingerprint density at radius 2 is 1.34 bits per heavy atom. The van der Waals surface area contributed by atoms with Crippen molar-refractivity contribution < 1.29 is 34.5 Å². The van der Waals surface area contributed by atoms with E-state index in [4.69, 9.17) is 27.4 Å². The second-order valence-corrected chi connectivity index (χ2v) is 7.55. The first-order valence-electron chi connectivity index (χ1n) is 10.7. The Kier molecular flexibility index (Phi) is 15.1. The molecule has 0 aromatic carbocycles. The predicted octanol–water partition coefficient (Wildman–Crippen LogP) is -3.52. The first-order chi connectivity index (χ1) is 15.1. The average Bonchev–Trinajstić information content (AvgIpc) is 2.74. The summed E-state index contributed by atoms with van der Waals surface area (Å²) in [6.07, 6.45) is 1.48. The molecule has 3 amide bonds. The molecule has 12 N–H and O–H groups in total. The van der Waals surface area contributed by atoms with Crippen LogP contribution in [0.15, 0.2) is 0 Å². The minimum absolute atomic E-state index is 0.131. The van der Waals surface area contributed by atoms with Gasteiger partial charge in [-0.1, -0.05) is 6.42 Å². The first-order valence-corrected chi connectivity index (χ1v) is 10.7. The second-order valence-electron chi connectivity index (χ2n) is 7.55. The molecule has 0 saturated carbocycles. The third-order valence-corrected chi connectivity index (χ3v) is 4.75. The zero-order valence-corrected chi connectivity index (χ0v) is 18.5. The van der Waals surface area contributed by atoms with Crippen LogP contribution in [0.5, 0.6) is 0 Å². The molecule has 0 aromatic heterocycles. The molecular weight excluding hydrogens is 424 g/mol. The van der Waals surface area contributed by atoms with E-state index >= 15 is 0 Å². The maximum absolute atomic E-state index is 12.7. The number of aliphatic hydroxyl groups is 2. The summed E-state index contributed by atoms with van der Waals surface area (Å²) >= 11 is 0. The summed E-state index contributed by atoms with van der Waals surface area (Å²) < 4.78 is 0. The van der Waals surface area contributed by atoms with Gasteiger partial charge in [0, 0.05) is 0 Å². The maximum Gasteiger partial charge on any atom is 0.328 e. The van der Waals surface area contributed by atoms with Crippen molar-refractivity contribution in [3.63, 3.8) is 0 Å². The molecule has 0 aliphatic rings. The van der Waals surface area contributed by atoms with Crippen LogP contribution in [0.1, 0.15) is 45.4 Å². The quantitative estimate of drug-likeness (QED) is 0.0964. The lowest BCUT2D eigenvalue weighted by Crippen LogP contribution is -2.60. The topological polar surface area (TPSA) is 243 Å². The number of carboxylic acid groups (broad SMARTS) is 1. The number of hydrogen-bond donors (Lipinski definition) is 9. The number of rotatable bonds is 17. The normalized spacial score (nSPS) is 15.7. The lowest BCUT2D eigenvalue weighted by molar-refractivity contribution is -0.143. The van der Waals surface area contributed by atoms with Gasteiger partial charge in [-0.2, -0.15) is 0 Å². The predicted molar refractivity (Wildman–Crippen MR) is 116 cm³/mol. The maximum atomic E-state index is 12.7. The molecule has 0 unspecified atom stereocenters. The Morgan fingerprint density at radius 1 is 0.812 bits per heavy atom. The number of carbonyl (C=O) groups is 4. The molecule has 0 aliphatic heterocycles.